The molecule has 1 aromatic heterocycles. The molecule has 1 aromatic carbocycles. The summed E-state index contributed by atoms with van der Waals surface area (Å²) in [5.74, 6) is 2.21. The summed E-state index contributed by atoms with van der Waals surface area (Å²) in [6, 6.07) is 9.59. The number of nitrogens with two attached hydrogens (primary N) is 1. The first-order chi connectivity index (χ1) is 20.0. The average molecular weight is 558 g/mol. The fourth-order valence-electron chi connectivity index (χ4n) is 7.83. The predicted octanol–water partition coefficient (Wildman–Crippen LogP) is 4.28. The highest BCUT2D eigenvalue weighted by Gasteiger charge is 2.44. The highest BCUT2D eigenvalue weighted by molar-refractivity contribution is 5.96. The minimum Gasteiger partial charge on any atom is -0.364 e. The molecule has 5 aliphatic rings. The molecule has 1 unspecified atom stereocenters. The summed E-state index contributed by atoms with van der Waals surface area (Å²) in [7, 11) is 0. The van der Waals surface area contributed by atoms with Crippen molar-refractivity contribution in [3.8, 4) is 0 Å². The van der Waals surface area contributed by atoms with Crippen molar-refractivity contribution >= 4 is 29.1 Å². The molecule has 3 saturated heterocycles. The summed E-state index contributed by atoms with van der Waals surface area (Å²) in [6.07, 6.45) is 13.8. The van der Waals surface area contributed by atoms with Gasteiger partial charge in [-0.1, -0.05) is 25.0 Å². The van der Waals surface area contributed by atoms with Crippen molar-refractivity contribution in [1.29, 1.82) is 0 Å². The quantitative estimate of drug-likeness (QED) is 0.523. The molecule has 0 spiro atoms. The number of amides is 2. The van der Waals surface area contributed by atoms with Gasteiger partial charge in [0.1, 0.15) is 5.82 Å². The molecule has 2 amide bonds. The van der Waals surface area contributed by atoms with E-state index in [1.54, 1.807) is 6.20 Å². The van der Waals surface area contributed by atoms with E-state index < -0.39 is 5.91 Å². The second kappa shape index (κ2) is 11.2. The SMILES string of the molecule is NC(=O)c1ncc(N2CCC3CCN(C(=O)C4CC4)[C@H]3C2)nc1Nc1ccc(C2CCN(C3CCCC3)CC2)cc1. The molecule has 218 valence electrons. The molecule has 0 radical (unpaired) electrons. The maximum atomic E-state index is 12.9. The van der Waals surface area contributed by atoms with Crippen molar-refractivity contribution in [3.05, 3.63) is 41.7 Å². The summed E-state index contributed by atoms with van der Waals surface area (Å²) in [4.78, 5) is 41.5. The zero-order chi connectivity index (χ0) is 27.9. The predicted molar refractivity (Wildman–Crippen MR) is 159 cm³/mol. The Morgan fingerprint density at radius 1 is 0.878 bits per heavy atom. The zero-order valence-corrected chi connectivity index (χ0v) is 24.0. The highest BCUT2D eigenvalue weighted by atomic mass is 16.2. The van der Waals surface area contributed by atoms with E-state index in [0.717, 1.165) is 57.0 Å². The molecule has 2 aliphatic carbocycles. The molecule has 5 fully saturated rings. The number of hydrogen-bond acceptors (Lipinski definition) is 7. The summed E-state index contributed by atoms with van der Waals surface area (Å²) in [5, 5.41) is 3.33. The third kappa shape index (κ3) is 5.53. The second-order valence-corrected chi connectivity index (χ2v) is 12.9. The van der Waals surface area contributed by atoms with Crippen LogP contribution in [0.3, 0.4) is 0 Å². The van der Waals surface area contributed by atoms with Crippen LogP contribution in [0, 0.1) is 11.8 Å². The number of likely N-dealkylation sites (tertiary alicyclic amines) is 2. The van der Waals surface area contributed by atoms with Crippen LogP contribution in [0.1, 0.15) is 86.2 Å². The molecule has 41 heavy (non-hydrogen) atoms. The number of fused-ring (bicyclic) bond motifs is 1. The van der Waals surface area contributed by atoms with Gasteiger partial charge in [0.05, 0.1) is 12.2 Å². The molecule has 9 nitrogen and oxygen atoms in total. The van der Waals surface area contributed by atoms with E-state index in [1.165, 1.54) is 57.2 Å². The van der Waals surface area contributed by atoms with Gasteiger partial charge in [-0.05, 0) is 94.0 Å². The Morgan fingerprint density at radius 3 is 2.32 bits per heavy atom. The van der Waals surface area contributed by atoms with E-state index in [4.69, 9.17) is 10.7 Å². The maximum Gasteiger partial charge on any atom is 0.271 e. The fourth-order valence-corrected chi connectivity index (χ4v) is 7.83. The lowest BCUT2D eigenvalue weighted by atomic mass is 9.88. The van der Waals surface area contributed by atoms with Crippen LogP contribution in [-0.2, 0) is 4.79 Å². The Morgan fingerprint density at radius 2 is 1.61 bits per heavy atom. The van der Waals surface area contributed by atoms with Crippen LogP contribution in [0.15, 0.2) is 30.5 Å². The molecular weight excluding hydrogens is 514 g/mol. The molecular formula is C32H43N7O2. The lowest BCUT2D eigenvalue weighted by Gasteiger charge is -2.39. The minimum atomic E-state index is -0.604. The summed E-state index contributed by atoms with van der Waals surface area (Å²) in [6.45, 7) is 4.88. The van der Waals surface area contributed by atoms with Gasteiger partial charge in [0.2, 0.25) is 5.91 Å². The van der Waals surface area contributed by atoms with Crippen molar-refractivity contribution in [2.24, 2.45) is 17.6 Å². The summed E-state index contributed by atoms with van der Waals surface area (Å²) in [5.41, 5.74) is 8.06. The summed E-state index contributed by atoms with van der Waals surface area (Å²) < 4.78 is 0. The number of carbonyl (C=O) groups is 2. The van der Waals surface area contributed by atoms with Gasteiger partial charge in [-0.3, -0.25) is 9.59 Å². The van der Waals surface area contributed by atoms with Gasteiger partial charge in [-0.25, -0.2) is 9.97 Å². The monoisotopic (exact) mass is 557 g/mol. The van der Waals surface area contributed by atoms with Crippen LogP contribution in [0.2, 0.25) is 0 Å². The molecule has 2 atom stereocenters. The van der Waals surface area contributed by atoms with Gasteiger partial charge in [0, 0.05) is 37.3 Å². The van der Waals surface area contributed by atoms with Gasteiger partial charge < -0.3 is 25.8 Å². The van der Waals surface area contributed by atoms with Crippen LogP contribution < -0.4 is 16.0 Å². The number of carbonyl (C=O) groups excluding carboxylic acids is 2. The first-order valence-electron chi connectivity index (χ1n) is 15.9. The maximum absolute atomic E-state index is 12.9. The topological polar surface area (TPSA) is 108 Å². The van der Waals surface area contributed by atoms with E-state index in [0.29, 0.717) is 29.4 Å². The number of benzene rings is 1. The molecule has 9 heteroatoms. The van der Waals surface area contributed by atoms with Gasteiger partial charge in [0.15, 0.2) is 11.5 Å². The molecule has 7 rings (SSSR count). The van der Waals surface area contributed by atoms with Gasteiger partial charge in [-0.2, -0.15) is 0 Å². The van der Waals surface area contributed by atoms with Crippen molar-refractivity contribution < 1.29 is 9.59 Å². The number of nitrogens with zero attached hydrogens (tertiary/aromatic N) is 5. The van der Waals surface area contributed by atoms with E-state index in [9.17, 15) is 9.59 Å². The van der Waals surface area contributed by atoms with E-state index in [2.05, 4.69) is 49.3 Å². The van der Waals surface area contributed by atoms with Crippen molar-refractivity contribution in [2.45, 2.75) is 82.2 Å². The van der Waals surface area contributed by atoms with E-state index in [1.807, 2.05) is 0 Å². The number of aromatic nitrogens is 2. The van der Waals surface area contributed by atoms with Gasteiger partial charge >= 0.3 is 0 Å². The van der Waals surface area contributed by atoms with Crippen molar-refractivity contribution in [2.75, 3.05) is 42.9 Å². The number of nitrogens with one attached hydrogen (secondary N) is 1. The number of anilines is 3. The Kier molecular flexibility index (Phi) is 7.31. The molecule has 4 heterocycles. The first kappa shape index (κ1) is 26.7. The Balaban J connectivity index is 1.03. The lowest BCUT2D eigenvalue weighted by molar-refractivity contribution is -0.133. The number of hydrogen-bond donors (Lipinski definition) is 2. The van der Waals surface area contributed by atoms with Crippen LogP contribution >= 0.6 is 0 Å². The zero-order valence-electron chi connectivity index (χ0n) is 24.0. The number of rotatable bonds is 7. The Bertz CT molecular complexity index is 1270. The van der Waals surface area contributed by atoms with Gasteiger partial charge in [-0.15, -0.1) is 0 Å². The number of primary amides is 1. The molecule has 3 N–H and O–H groups in total. The molecule has 3 aliphatic heterocycles. The normalized spacial score (nSPS) is 25.9. The average Bonchev–Trinajstić information content (AvgIpc) is 3.53. The molecule has 2 saturated carbocycles. The van der Waals surface area contributed by atoms with Crippen molar-refractivity contribution in [3.63, 3.8) is 0 Å². The van der Waals surface area contributed by atoms with Crippen molar-refractivity contribution in [1.82, 2.24) is 19.8 Å². The minimum absolute atomic E-state index is 0.137. The summed E-state index contributed by atoms with van der Waals surface area (Å²) >= 11 is 0. The molecule has 2 aromatic rings. The van der Waals surface area contributed by atoms with Crippen LogP contribution in [0.4, 0.5) is 17.3 Å². The fraction of sp³-hybridized carbons (Fsp3) is 0.625. The highest BCUT2D eigenvalue weighted by Crippen LogP contribution is 2.39. The first-order valence-corrected chi connectivity index (χ1v) is 15.9. The third-order valence-corrected chi connectivity index (χ3v) is 10.4. The van der Waals surface area contributed by atoms with E-state index >= 15 is 0 Å². The standard InChI is InChI=1S/C32H43N7O2/c33-30(40)29-31(35-25-9-7-21(8-10-25)22-11-15-37(16-12-22)26-3-1-2-4-26)36-28(19-34-29)38-17-13-23-14-18-39(27(23)20-38)32(41)24-5-6-24/h7-10,19,22-24,26-27H,1-6,11-18,20H2,(H2,33,40)(H,35,36)/t23?,27-/m0/s1. The second-order valence-electron chi connectivity index (χ2n) is 12.9. The molecule has 0 bridgehead atoms. The Labute approximate surface area is 242 Å². The number of piperidine rings is 2. The Hall–Kier alpha value is -3.20. The third-order valence-electron chi connectivity index (χ3n) is 10.4. The smallest absolute Gasteiger partial charge is 0.271 e. The van der Waals surface area contributed by atoms with Crippen LogP contribution in [0.25, 0.3) is 0 Å². The largest absolute Gasteiger partial charge is 0.364 e. The lowest BCUT2D eigenvalue weighted by Crippen LogP contribution is -2.50. The van der Waals surface area contributed by atoms with Crippen LogP contribution in [-0.4, -0.2) is 76.4 Å². The van der Waals surface area contributed by atoms with E-state index in [-0.39, 0.29) is 17.7 Å². The van der Waals surface area contributed by atoms with Gasteiger partial charge in [0.25, 0.3) is 5.91 Å². The van der Waals surface area contributed by atoms with Crippen LogP contribution in [0.5, 0.6) is 0 Å².